The van der Waals surface area contributed by atoms with Gasteiger partial charge >= 0.3 is 5.97 Å². The molecule has 0 atom stereocenters. The number of aromatic carboxylic acids is 1. The van der Waals surface area contributed by atoms with Gasteiger partial charge in [0.05, 0.1) is 11.6 Å². The van der Waals surface area contributed by atoms with Crippen LogP contribution in [0.3, 0.4) is 0 Å². The minimum atomic E-state index is -1.08. The van der Waals surface area contributed by atoms with Crippen LogP contribution in [-0.2, 0) is 11.8 Å². The molecule has 0 unspecified atom stereocenters. The van der Waals surface area contributed by atoms with Gasteiger partial charge in [0.15, 0.2) is 5.69 Å². The summed E-state index contributed by atoms with van der Waals surface area (Å²) in [6, 6.07) is 3.29. The van der Waals surface area contributed by atoms with Crippen molar-refractivity contribution in [2.45, 2.75) is 11.8 Å². The van der Waals surface area contributed by atoms with Crippen LogP contribution in [0, 0.1) is 0 Å². The molecule has 3 nitrogen and oxygen atoms in total. The van der Waals surface area contributed by atoms with Gasteiger partial charge in [0.1, 0.15) is 0 Å². The van der Waals surface area contributed by atoms with E-state index in [1.165, 1.54) is 0 Å². The Bertz CT molecular complexity index is 328. The van der Waals surface area contributed by atoms with Crippen molar-refractivity contribution in [3.8, 4) is 0 Å². The van der Waals surface area contributed by atoms with Crippen LogP contribution in [0.5, 0.6) is 0 Å². The average molecular weight is 220 g/mol. The van der Waals surface area contributed by atoms with Gasteiger partial charge in [-0.25, -0.2) is 9.78 Å². The van der Waals surface area contributed by atoms with Gasteiger partial charge in [-0.2, -0.15) is 0 Å². The number of hydrogen-bond donors (Lipinski definition) is 1. The molecule has 1 aromatic rings. The van der Waals surface area contributed by atoms with Crippen molar-refractivity contribution in [3.05, 3.63) is 29.1 Å². The van der Waals surface area contributed by atoms with Gasteiger partial charge in [-0.1, -0.05) is 6.07 Å². The molecule has 0 aliphatic heterocycles. The van der Waals surface area contributed by atoms with E-state index in [1.807, 2.05) is 0 Å². The van der Waals surface area contributed by atoms with Gasteiger partial charge in [0, 0.05) is 11.4 Å². The molecule has 0 aliphatic rings. The lowest BCUT2D eigenvalue weighted by atomic mass is 10.2. The Labute approximate surface area is 85.3 Å². The van der Waals surface area contributed by atoms with Crippen molar-refractivity contribution in [1.29, 1.82) is 0 Å². The third-order valence-corrected chi connectivity index (χ3v) is 2.08. The molecule has 1 heterocycles. The Morgan fingerprint density at radius 2 is 2.08 bits per heavy atom. The third-order valence-electron chi connectivity index (χ3n) is 1.52. The van der Waals surface area contributed by atoms with Crippen LogP contribution in [0.1, 0.15) is 21.7 Å². The SMILES string of the molecule is O=C(O)c1nc(CCl)ccc1CCl. The first-order valence-electron chi connectivity index (χ1n) is 3.53. The number of pyridine rings is 1. The molecule has 0 bridgehead atoms. The zero-order valence-electron chi connectivity index (χ0n) is 6.63. The predicted octanol–water partition coefficient (Wildman–Crippen LogP) is 2.26. The summed E-state index contributed by atoms with van der Waals surface area (Å²) in [6.45, 7) is 0. The lowest BCUT2D eigenvalue weighted by molar-refractivity contribution is 0.0689. The number of halogens is 2. The quantitative estimate of drug-likeness (QED) is 0.794. The van der Waals surface area contributed by atoms with Crippen LogP contribution in [-0.4, -0.2) is 16.1 Å². The normalized spacial score (nSPS) is 10.0. The number of nitrogens with zero attached hydrogens (tertiary/aromatic N) is 1. The number of aromatic nitrogens is 1. The van der Waals surface area contributed by atoms with Crippen LogP contribution in [0.15, 0.2) is 12.1 Å². The Hall–Kier alpha value is -0.800. The van der Waals surface area contributed by atoms with E-state index in [2.05, 4.69) is 4.98 Å². The smallest absolute Gasteiger partial charge is 0.354 e. The van der Waals surface area contributed by atoms with Crippen molar-refractivity contribution in [1.82, 2.24) is 4.98 Å². The summed E-state index contributed by atoms with van der Waals surface area (Å²) in [7, 11) is 0. The number of carbonyl (C=O) groups is 1. The van der Waals surface area contributed by atoms with Crippen LogP contribution < -0.4 is 0 Å². The summed E-state index contributed by atoms with van der Waals surface area (Å²) < 4.78 is 0. The molecule has 0 aliphatic carbocycles. The topological polar surface area (TPSA) is 50.2 Å². The molecule has 70 valence electrons. The zero-order valence-corrected chi connectivity index (χ0v) is 8.14. The van der Waals surface area contributed by atoms with Gasteiger partial charge in [0.2, 0.25) is 0 Å². The van der Waals surface area contributed by atoms with Crippen LogP contribution in [0.4, 0.5) is 0 Å². The molecule has 1 rings (SSSR count). The largest absolute Gasteiger partial charge is 0.477 e. The lowest BCUT2D eigenvalue weighted by Crippen LogP contribution is -2.06. The van der Waals surface area contributed by atoms with E-state index in [1.54, 1.807) is 12.1 Å². The highest BCUT2D eigenvalue weighted by Crippen LogP contribution is 2.11. The summed E-state index contributed by atoms with van der Waals surface area (Å²) in [5, 5.41) is 8.75. The molecule has 1 aromatic heterocycles. The van der Waals surface area contributed by atoms with Gasteiger partial charge in [-0.3, -0.25) is 0 Å². The second-order valence-electron chi connectivity index (χ2n) is 2.38. The molecule has 0 saturated heterocycles. The van der Waals surface area contributed by atoms with E-state index in [0.717, 1.165) is 0 Å². The van der Waals surface area contributed by atoms with Crippen LogP contribution >= 0.6 is 23.2 Å². The second kappa shape index (κ2) is 4.44. The van der Waals surface area contributed by atoms with Crippen LogP contribution in [0.25, 0.3) is 0 Å². The van der Waals surface area contributed by atoms with E-state index in [0.29, 0.717) is 11.3 Å². The first kappa shape index (κ1) is 10.3. The Morgan fingerprint density at radius 3 is 2.54 bits per heavy atom. The average Bonchev–Trinajstić information content (AvgIpc) is 2.16. The Morgan fingerprint density at radius 1 is 1.38 bits per heavy atom. The monoisotopic (exact) mass is 219 g/mol. The highest BCUT2D eigenvalue weighted by Gasteiger charge is 2.11. The van der Waals surface area contributed by atoms with Crippen molar-refractivity contribution >= 4 is 29.2 Å². The van der Waals surface area contributed by atoms with Crippen molar-refractivity contribution in [2.24, 2.45) is 0 Å². The van der Waals surface area contributed by atoms with Gasteiger partial charge in [0.25, 0.3) is 0 Å². The van der Waals surface area contributed by atoms with Crippen molar-refractivity contribution < 1.29 is 9.90 Å². The van der Waals surface area contributed by atoms with E-state index in [4.69, 9.17) is 28.3 Å². The van der Waals surface area contributed by atoms with Crippen molar-refractivity contribution in [2.75, 3.05) is 0 Å². The number of carboxylic acids is 1. The second-order valence-corrected chi connectivity index (χ2v) is 2.92. The molecule has 0 saturated carbocycles. The fourth-order valence-corrected chi connectivity index (χ4v) is 1.26. The molecule has 0 radical (unpaired) electrons. The summed E-state index contributed by atoms with van der Waals surface area (Å²) in [5.41, 5.74) is 1.02. The maximum atomic E-state index is 10.7. The lowest BCUT2D eigenvalue weighted by Gasteiger charge is -2.02. The number of rotatable bonds is 3. The van der Waals surface area contributed by atoms with E-state index < -0.39 is 5.97 Å². The maximum absolute atomic E-state index is 10.7. The van der Waals surface area contributed by atoms with Crippen molar-refractivity contribution in [3.63, 3.8) is 0 Å². The Balaban J connectivity index is 3.18. The molecule has 0 amide bonds. The molecule has 1 N–H and O–H groups in total. The van der Waals surface area contributed by atoms with Crippen LogP contribution in [0.2, 0.25) is 0 Å². The summed E-state index contributed by atoms with van der Waals surface area (Å²) >= 11 is 11.0. The molecule has 0 aromatic carbocycles. The standard InChI is InChI=1S/C8H7Cl2NO2/c9-3-5-1-2-6(4-10)11-7(5)8(12)13/h1-2H,3-4H2,(H,12,13). The summed E-state index contributed by atoms with van der Waals surface area (Å²) in [6.07, 6.45) is 0. The first-order chi connectivity index (χ1) is 6.19. The maximum Gasteiger partial charge on any atom is 0.354 e. The van der Waals surface area contributed by atoms with E-state index >= 15 is 0 Å². The van der Waals surface area contributed by atoms with E-state index in [9.17, 15) is 4.79 Å². The zero-order chi connectivity index (χ0) is 9.84. The highest BCUT2D eigenvalue weighted by molar-refractivity contribution is 6.17. The molecular formula is C8H7Cl2NO2. The summed E-state index contributed by atoms with van der Waals surface area (Å²) in [4.78, 5) is 14.5. The summed E-state index contributed by atoms with van der Waals surface area (Å²) in [5.74, 6) is -0.748. The minimum Gasteiger partial charge on any atom is -0.477 e. The Kier molecular flexibility index (Phi) is 3.51. The fraction of sp³-hybridized carbons (Fsp3) is 0.250. The molecule has 5 heteroatoms. The van der Waals surface area contributed by atoms with Gasteiger partial charge in [-0.05, 0) is 6.07 Å². The number of alkyl halides is 2. The minimum absolute atomic E-state index is 0.0202. The predicted molar refractivity (Wildman–Crippen MR) is 50.3 cm³/mol. The van der Waals surface area contributed by atoms with Gasteiger partial charge in [-0.15, -0.1) is 23.2 Å². The molecule has 13 heavy (non-hydrogen) atoms. The fourth-order valence-electron chi connectivity index (χ4n) is 0.896. The number of carboxylic acid groups (broad SMARTS) is 1. The first-order valence-corrected chi connectivity index (χ1v) is 4.60. The molecular weight excluding hydrogens is 213 g/mol. The van der Waals surface area contributed by atoms with Gasteiger partial charge < -0.3 is 5.11 Å². The molecule has 0 fully saturated rings. The third kappa shape index (κ3) is 2.32. The molecule has 0 spiro atoms. The highest BCUT2D eigenvalue weighted by atomic mass is 35.5. The number of hydrogen-bond acceptors (Lipinski definition) is 2. The van der Waals surface area contributed by atoms with E-state index in [-0.39, 0.29) is 17.5 Å².